The Labute approximate surface area is 149 Å². The van der Waals surface area contributed by atoms with E-state index in [2.05, 4.69) is 4.90 Å². The van der Waals surface area contributed by atoms with Crippen molar-refractivity contribution < 1.29 is 19.4 Å². The molecule has 6 nitrogen and oxygen atoms in total. The van der Waals surface area contributed by atoms with Crippen molar-refractivity contribution >= 4 is 5.91 Å². The van der Waals surface area contributed by atoms with Gasteiger partial charge in [0, 0.05) is 43.9 Å². The molecule has 1 aliphatic heterocycles. The second kappa shape index (κ2) is 8.06. The third-order valence-corrected chi connectivity index (χ3v) is 5.42. The Kier molecular flexibility index (Phi) is 5.81. The van der Waals surface area contributed by atoms with Crippen LogP contribution in [0.1, 0.15) is 24.8 Å². The van der Waals surface area contributed by atoms with Crippen molar-refractivity contribution in [2.24, 2.45) is 0 Å². The SMILES string of the molecule is COc1ccc(CC(=O)N2CCN(C3CCCC3O)CC2)c(OC)c1. The topological polar surface area (TPSA) is 62.2 Å². The molecule has 138 valence electrons. The third-order valence-electron chi connectivity index (χ3n) is 5.42. The lowest BCUT2D eigenvalue weighted by molar-refractivity contribution is -0.132. The van der Waals surface area contributed by atoms with Gasteiger partial charge in [-0.2, -0.15) is 0 Å². The minimum Gasteiger partial charge on any atom is -0.497 e. The summed E-state index contributed by atoms with van der Waals surface area (Å²) in [4.78, 5) is 16.9. The lowest BCUT2D eigenvalue weighted by Crippen LogP contribution is -2.53. The summed E-state index contributed by atoms with van der Waals surface area (Å²) in [6, 6.07) is 5.83. The Balaban J connectivity index is 1.56. The van der Waals surface area contributed by atoms with Crippen molar-refractivity contribution in [1.82, 2.24) is 9.80 Å². The Morgan fingerprint density at radius 3 is 2.52 bits per heavy atom. The molecule has 0 aromatic heterocycles. The molecule has 0 spiro atoms. The maximum atomic E-state index is 12.7. The number of rotatable bonds is 5. The number of amides is 1. The molecular weight excluding hydrogens is 320 g/mol. The largest absolute Gasteiger partial charge is 0.497 e. The van der Waals surface area contributed by atoms with E-state index >= 15 is 0 Å². The highest BCUT2D eigenvalue weighted by atomic mass is 16.5. The quantitative estimate of drug-likeness (QED) is 0.869. The lowest BCUT2D eigenvalue weighted by atomic mass is 10.1. The molecule has 2 atom stereocenters. The van der Waals surface area contributed by atoms with Crippen molar-refractivity contribution in [3.8, 4) is 11.5 Å². The maximum absolute atomic E-state index is 12.7. The van der Waals surface area contributed by atoms with Gasteiger partial charge in [-0.25, -0.2) is 0 Å². The van der Waals surface area contributed by atoms with Crippen LogP contribution in [0.3, 0.4) is 0 Å². The van der Waals surface area contributed by atoms with Crippen molar-refractivity contribution in [3.63, 3.8) is 0 Å². The van der Waals surface area contributed by atoms with Crippen LogP contribution in [0.25, 0.3) is 0 Å². The molecule has 1 heterocycles. The number of piperazine rings is 1. The second-order valence-electron chi connectivity index (χ2n) is 6.84. The van der Waals surface area contributed by atoms with Gasteiger partial charge in [-0.1, -0.05) is 6.07 Å². The molecule has 3 rings (SSSR count). The zero-order chi connectivity index (χ0) is 17.8. The highest BCUT2D eigenvalue weighted by Crippen LogP contribution is 2.27. The normalized spacial score (nSPS) is 24.4. The summed E-state index contributed by atoms with van der Waals surface area (Å²) in [5.74, 6) is 1.52. The minimum absolute atomic E-state index is 0.120. The van der Waals surface area contributed by atoms with Crippen LogP contribution < -0.4 is 9.47 Å². The van der Waals surface area contributed by atoms with Crippen LogP contribution in [0.4, 0.5) is 0 Å². The van der Waals surface area contributed by atoms with Gasteiger partial charge in [-0.3, -0.25) is 9.69 Å². The molecule has 2 aliphatic rings. The standard InChI is InChI=1S/C19H28N2O4/c1-24-15-7-6-14(18(13-15)25-2)12-19(23)21-10-8-20(9-11-21)16-4-3-5-17(16)22/h6-7,13,16-17,22H,3-5,8-12H2,1-2H3. The average molecular weight is 348 g/mol. The summed E-state index contributed by atoms with van der Waals surface area (Å²) in [5.41, 5.74) is 0.877. The molecule has 2 fully saturated rings. The fourth-order valence-electron chi connectivity index (χ4n) is 3.92. The van der Waals surface area contributed by atoms with Crippen LogP contribution in [-0.4, -0.2) is 73.4 Å². The number of hydrogen-bond acceptors (Lipinski definition) is 5. The number of benzene rings is 1. The summed E-state index contributed by atoms with van der Waals surface area (Å²) in [5, 5.41) is 10.1. The van der Waals surface area contributed by atoms with Gasteiger partial charge in [0.25, 0.3) is 0 Å². The zero-order valence-electron chi connectivity index (χ0n) is 15.1. The van der Waals surface area contributed by atoms with Crippen LogP contribution in [-0.2, 0) is 11.2 Å². The van der Waals surface area contributed by atoms with E-state index in [-0.39, 0.29) is 18.1 Å². The van der Waals surface area contributed by atoms with E-state index in [0.29, 0.717) is 12.2 Å². The summed E-state index contributed by atoms with van der Waals surface area (Å²) >= 11 is 0. The summed E-state index contributed by atoms with van der Waals surface area (Å²) in [7, 11) is 3.22. The summed E-state index contributed by atoms with van der Waals surface area (Å²) in [6.45, 7) is 3.13. The van der Waals surface area contributed by atoms with Crippen LogP contribution in [0.15, 0.2) is 18.2 Å². The van der Waals surface area contributed by atoms with E-state index in [9.17, 15) is 9.90 Å². The van der Waals surface area contributed by atoms with Crippen LogP contribution >= 0.6 is 0 Å². The predicted molar refractivity (Wildman–Crippen MR) is 95.0 cm³/mol. The van der Waals surface area contributed by atoms with Gasteiger partial charge >= 0.3 is 0 Å². The number of ether oxygens (including phenoxy) is 2. The first-order chi connectivity index (χ1) is 12.1. The van der Waals surface area contributed by atoms with E-state index in [4.69, 9.17) is 9.47 Å². The first-order valence-electron chi connectivity index (χ1n) is 9.03. The number of hydrogen-bond donors (Lipinski definition) is 1. The molecule has 1 saturated heterocycles. The fourth-order valence-corrected chi connectivity index (χ4v) is 3.92. The molecule has 1 aromatic rings. The Morgan fingerprint density at radius 1 is 1.16 bits per heavy atom. The van der Waals surface area contributed by atoms with Crippen LogP contribution in [0.5, 0.6) is 11.5 Å². The zero-order valence-corrected chi connectivity index (χ0v) is 15.1. The highest BCUT2D eigenvalue weighted by Gasteiger charge is 2.33. The number of aliphatic hydroxyl groups is 1. The first-order valence-corrected chi connectivity index (χ1v) is 9.03. The molecule has 1 saturated carbocycles. The number of methoxy groups -OCH3 is 2. The Hall–Kier alpha value is -1.79. The van der Waals surface area contributed by atoms with Gasteiger partial charge in [-0.15, -0.1) is 0 Å². The highest BCUT2D eigenvalue weighted by molar-refractivity contribution is 5.79. The van der Waals surface area contributed by atoms with E-state index in [1.165, 1.54) is 0 Å². The van der Waals surface area contributed by atoms with Crippen molar-refractivity contribution in [2.45, 2.75) is 37.8 Å². The van der Waals surface area contributed by atoms with Gasteiger partial charge < -0.3 is 19.5 Å². The Bertz CT molecular complexity index is 599. The van der Waals surface area contributed by atoms with Crippen molar-refractivity contribution in [2.75, 3.05) is 40.4 Å². The van der Waals surface area contributed by atoms with E-state index in [0.717, 1.165) is 56.8 Å². The smallest absolute Gasteiger partial charge is 0.227 e. The molecule has 1 amide bonds. The van der Waals surface area contributed by atoms with Gasteiger partial charge in [0.2, 0.25) is 5.91 Å². The molecule has 0 radical (unpaired) electrons. The third kappa shape index (κ3) is 4.07. The molecule has 0 bridgehead atoms. The molecule has 1 aromatic carbocycles. The molecule has 25 heavy (non-hydrogen) atoms. The Morgan fingerprint density at radius 2 is 1.92 bits per heavy atom. The number of carbonyl (C=O) groups excluding carboxylic acids is 1. The summed E-state index contributed by atoms with van der Waals surface area (Å²) in [6.07, 6.45) is 3.20. The van der Waals surface area contributed by atoms with Crippen LogP contribution in [0.2, 0.25) is 0 Å². The van der Waals surface area contributed by atoms with E-state index in [1.54, 1.807) is 14.2 Å². The van der Waals surface area contributed by atoms with Gasteiger partial charge in [0.1, 0.15) is 11.5 Å². The minimum atomic E-state index is -0.203. The van der Waals surface area contributed by atoms with Gasteiger partial charge in [-0.05, 0) is 25.3 Å². The van der Waals surface area contributed by atoms with E-state index in [1.807, 2.05) is 23.1 Å². The lowest BCUT2D eigenvalue weighted by Gasteiger charge is -2.39. The monoisotopic (exact) mass is 348 g/mol. The van der Waals surface area contributed by atoms with E-state index < -0.39 is 0 Å². The number of nitrogens with zero attached hydrogens (tertiary/aromatic N) is 2. The molecular formula is C19H28N2O4. The van der Waals surface area contributed by atoms with Gasteiger partial charge in [0.15, 0.2) is 0 Å². The predicted octanol–water partition coefficient (Wildman–Crippen LogP) is 1.30. The molecule has 6 heteroatoms. The van der Waals surface area contributed by atoms with Crippen molar-refractivity contribution in [3.05, 3.63) is 23.8 Å². The van der Waals surface area contributed by atoms with Crippen LogP contribution in [0, 0.1) is 0 Å². The first kappa shape index (κ1) is 18.0. The summed E-state index contributed by atoms with van der Waals surface area (Å²) < 4.78 is 10.6. The van der Waals surface area contributed by atoms with Gasteiger partial charge in [0.05, 0.1) is 26.7 Å². The second-order valence-corrected chi connectivity index (χ2v) is 6.84. The molecule has 2 unspecified atom stereocenters. The number of aliphatic hydroxyl groups excluding tert-OH is 1. The van der Waals surface area contributed by atoms with Crippen molar-refractivity contribution in [1.29, 1.82) is 0 Å². The maximum Gasteiger partial charge on any atom is 0.227 e. The average Bonchev–Trinajstić information content (AvgIpc) is 3.08. The number of carbonyl (C=O) groups is 1. The fraction of sp³-hybridized carbons (Fsp3) is 0.632. The molecule has 1 N–H and O–H groups in total. The molecule has 1 aliphatic carbocycles.